The number of carbonyl (C=O) groups excluding carboxylic acids is 2. The number of primary amides is 1. The molecule has 1 aromatic rings. The molecule has 17 heavy (non-hydrogen) atoms. The maximum absolute atomic E-state index is 11.7. The first kappa shape index (κ1) is 13.2. The number of rotatable bonds is 5. The molecule has 0 saturated heterocycles. The zero-order valence-corrected chi connectivity index (χ0v) is 9.99. The Hall–Kier alpha value is -1.88. The van der Waals surface area contributed by atoms with Gasteiger partial charge in [0.05, 0.1) is 0 Å². The molecule has 0 aromatic heterocycles. The van der Waals surface area contributed by atoms with Gasteiger partial charge < -0.3 is 16.4 Å². The van der Waals surface area contributed by atoms with Gasteiger partial charge in [0.2, 0.25) is 5.91 Å². The van der Waals surface area contributed by atoms with Crippen LogP contribution in [-0.4, -0.2) is 31.4 Å². The summed E-state index contributed by atoms with van der Waals surface area (Å²) in [4.78, 5) is 22.5. The Labute approximate surface area is 100 Å². The molecule has 0 fully saturated rings. The number of amides is 2. The molecule has 0 bridgehead atoms. The van der Waals surface area contributed by atoms with Crippen LogP contribution >= 0.6 is 0 Å². The monoisotopic (exact) mass is 235 g/mol. The number of hydrogen-bond donors (Lipinski definition) is 3. The van der Waals surface area contributed by atoms with Crippen LogP contribution in [0.3, 0.4) is 0 Å². The maximum Gasteiger partial charge on any atom is 0.251 e. The predicted molar refractivity (Wildman–Crippen MR) is 65.8 cm³/mol. The minimum atomic E-state index is -0.499. The molecule has 1 rings (SSSR count). The summed E-state index contributed by atoms with van der Waals surface area (Å²) in [5.41, 5.74) is 6.01. The van der Waals surface area contributed by atoms with Crippen LogP contribution in [0.1, 0.15) is 27.6 Å². The van der Waals surface area contributed by atoms with Crippen molar-refractivity contribution in [2.45, 2.75) is 13.0 Å². The number of nitrogens with one attached hydrogen (secondary N) is 2. The Morgan fingerprint density at radius 1 is 1.24 bits per heavy atom. The Kier molecular flexibility index (Phi) is 4.66. The van der Waals surface area contributed by atoms with Crippen LogP contribution in [-0.2, 0) is 0 Å². The summed E-state index contributed by atoms with van der Waals surface area (Å²) in [5, 5.41) is 5.80. The lowest BCUT2D eigenvalue weighted by Crippen LogP contribution is -2.37. The minimum absolute atomic E-state index is 0.164. The SMILES string of the molecule is CNC(C)CNC(=O)c1ccc(C(N)=O)cc1. The van der Waals surface area contributed by atoms with E-state index in [1.54, 1.807) is 24.3 Å². The Balaban J connectivity index is 2.61. The quantitative estimate of drug-likeness (QED) is 0.678. The average molecular weight is 235 g/mol. The zero-order chi connectivity index (χ0) is 12.8. The Morgan fingerprint density at radius 3 is 2.24 bits per heavy atom. The summed E-state index contributed by atoms with van der Waals surface area (Å²) in [6, 6.07) is 6.46. The molecule has 5 heteroatoms. The molecule has 1 aromatic carbocycles. The summed E-state index contributed by atoms with van der Waals surface area (Å²) in [6.07, 6.45) is 0. The first-order valence-corrected chi connectivity index (χ1v) is 5.40. The number of hydrogen-bond acceptors (Lipinski definition) is 3. The molecule has 1 unspecified atom stereocenters. The molecular formula is C12H17N3O2. The summed E-state index contributed by atoms with van der Waals surface area (Å²) in [7, 11) is 1.83. The van der Waals surface area contributed by atoms with E-state index in [0.29, 0.717) is 17.7 Å². The van der Waals surface area contributed by atoms with Crippen LogP contribution in [0.5, 0.6) is 0 Å². The van der Waals surface area contributed by atoms with Gasteiger partial charge in [0, 0.05) is 23.7 Å². The van der Waals surface area contributed by atoms with E-state index in [1.165, 1.54) is 0 Å². The van der Waals surface area contributed by atoms with E-state index >= 15 is 0 Å². The smallest absolute Gasteiger partial charge is 0.251 e. The lowest BCUT2D eigenvalue weighted by molar-refractivity contribution is 0.0948. The first-order chi connectivity index (χ1) is 8.04. The molecular weight excluding hydrogens is 218 g/mol. The molecule has 0 aliphatic carbocycles. The van der Waals surface area contributed by atoms with Gasteiger partial charge in [-0.1, -0.05) is 0 Å². The predicted octanol–water partition coefficient (Wildman–Crippen LogP) is 0.123. The summed E-state index contributed by atoms with van der Waals surface area (Å²) >= 11 is 0. The van der Waals surface area contributed by atoms with Crippen molar-refractivity contribution in [2.24, 2.45) is 5.73 Å². The van der Waals surface area contributed by atoms with E-state index in [1.807, 2.05) is 14.0 Å². The highest BCUT2D eigenvalue weighted by atomic mass is 16.2. The van der Waals surface area contributed by atoms with Crippen molar-refractivity contribution in [1.82, 2.24) is 10.6 Å². The van der Waals surface area contributed by atoms with Crippen molar-refractivity contribution < 1.29 is 9.59 Å². The van der Waals surface area contributed by atoms with E-state index in [0.717, 1.165) is 0 Å². The largest absolute Gasteiger partial charge is 0.366 e. The van der Waals surface area contributed by atoms with Crippen LogP contribution in [0.2, 0.25) is 0 Å². The molecule has 5 nitrogen and oxygen atoms in total. The van der Waals surface area contributed by atoms with Gasteiger partial charge >= 0.3 is 0 Å². The van der Waals surface area contributed by atoms with Crippen molar-refractivity contribution in [3.63, 3.8) is 0 Å². The van der Waals surface area contributed by atoms with Crippen LogP contribution in [0.15, 0.2) is 24.3 Å². The summed E-state index contributed by atoms with van der Waals surface area (Å²) < 4.78 is 0. The van der Waals surface area contributed by atoms with Crippen molar-refractivity contribution in [2.75, 3.05) is 13.6 Å². The number of likely N-dealkylation sites (N-methyl/N-ethyl adjacent to an activating group) is 1. The second-order valence-electron chi connectivity index (χ2n) is 3.84. The molecule has 0 saturated carbocycles. The van der Waals surface area contributed by atoms with Crippen LogP contribution < -0.4 is 16.4 Å². The van der Waals surface area contributed by atoms with Gasteiger partial charge in [-0.05, 0) is 38.2 Å². The minimum Gasteiger partial charge on any atom is -0.366 e. The van der Waals surface area contributed by atoms with Gasteiger partial charge in [-0.3, -0.25) is 9.59 Å². The highest BCUT2D eigenvalue weighted by Gasteiger charge is 2.07. The highest BCUT2D eigenvalue weighted by Crippen LogP contribution is 2.03. The fourth-order valence-electron chi connectivity index (χ4n) is 1.24. The van der Waals surface area contributed by atoms with Gasteiger partial charge in [-0.2, -0.15) is 0 Å². The van der Waals surface area contributed by atoms with Crippen LogP contribution in [0.25, 0.3) is 0 Å². The third-order valence-corrected chi connectivity index (χ3v) is 2.49. The molecule has 0 radical (unpaired) electrons. The van der Waals surface area contributed by atoms with Gasteiger partial charge in [-0.25, -0.2) is 0 Å². The molecule has 4 N–H and O–H groups in total. The molecule has 1 atom stereocenters. The first-order valence-electron chi connectivity index (χ1n) is 5.40. The Morgan fingerprint density at radius 2 is 1.76 bits per heavy atom. The van der Waals surface area contributed by atoms with Gasteiger partial charge in [0.15, 0.2) is 0 Å². The normalized spacial score (nSPS) is 11.9. The van der Waals surface area contributed by atoms with Crippen molar-refractivity contribution in [1.29, 1.82) is 0 Å². The molecule has 0 heterocycles. The van der Waals surface area contributed by atoms with Gasteiger partial charge in [-0.15, -0.1) is 0 Å². The third-order valence-electron chi connectivity index (χ3n) is 2.49. The maximum atomic E-state index is 11.7. The van der Waals surface area contributed by atoms with E-state index in [4.69, 9.17) is 5.73 Å². The third kappa shape index (κ3) is 3.88. The van der Waals surface area contributed by atoms with E-state index in [2.05, 4.69) is 10.6 Å². The standard InChI is InChI=1S/C12H17N3O2/c1-8(14-2)7-15-12(17)10-5-3-9(4-6-10)11(13)16/h3-6,8,14H,7H2,1-2H3,(H2,13,16)(H,15,17). The zero-order valence-electron chi connectivity index (χ0n) is 9.99. The van der Waals surface area contributed by atoms with E-state index in [9.17, 15) is 9.59 Å². The van der Waals surface area contributed by atoms with Crippen LogP contribution in [0, 0.1) is 0 Å². The Bertz CT molecular complexity index is 401. The van der Waals surface area contributed by atoms with Crippen molar-refractivity contribution >= 4 is 11.8 Å². The summed E-state index contributed by atoms with van der Waals surface area (Å²) in [5.74, 6) is -0.663. The average Bonchev–Trinajstić information content (AvgIpc) is 2.35. The second-order valence-corrected chi connectivity index (χ2v) is 3.84. The van der Waals surface area contributed by atoms with Crippen LogP contribution in [0.4, 0.5) is 0 Å². The second kappa shape index (κ2) is 6.00. The molecule has 2 amide bonds. The number of nitrogens with two attached hydrogens (primary N) is 1. The number of carbonyl (C=O) groups is 2. The lowest BCUT2D eigenvalue weighted by atomic mass is 10.1. The number of benzene rings is 1. The van der Waals surface area contributed by atoms with Crippen molar-refractivity contribution in [3.8, 4) is 0 Å². The lowest BCUT2D eigenvalue weighted by Gasteiger charge is -2.11. The molecule has 0 aliphatic heterocycles. The topological polar surface area (TPSA) is 84.2 Å². The molecule has 92 valence electrons. The van der Waals surface area contributed by atoms with E-state index < -0.39 is 5.91 Å². The molecule has 0 spiro atoms. The summed E-state index contributed by atoms with van der Waals surface area (Å²) in [6.45, 7) is 2.52. The van der Waals surface area contributed by atoms with Crippen molar-refractivity contribution in [3.05, 3.63) is 35.4 Å². The fraction of sp³-hybridized carbons (Fsp3) is 0.333. The molecule has 0 aliphatic rings. The fourth-order valence-corrected chi connectivity index (χ4v) is 1.24. The van der Waals surface area contributed by atoms with Gasteiger partial charge in [0.1, 0.15) is 0 Å². The highest BCUT2D eigenvalue weighted by molar-refractivity contribution is 5.97. The van der Waals surface area contributed by atoms with E-state index in [-0.39, 0.29) is 11.9 Å². The van der Waals surface area contributed by atoms with Gasteiger partial charge in [0.25, 0.3) is 5.91 Å².